The summed E-state index contributed by atoms with van der Waals surface area (Å²) in [4.78, 5) is 19.5. The van der Waals surface area contributed by atoms with Crippen LogP contribution in [0.25, 0.3) is 22.5 Å². The summed E-state index contributed by atoms with van der Waals surface area (Å²) in [6.45, 7) is 7.84. The Morgan fingerprint density at radius 2 is 1.90 bits per heavy atom. The molecule has 3 heterocycles. The van der Waals surface area contributed by atoms with Gasteiger partial charge in [-0.25, -0.2) is 9.67 Å². The van der Waals surface area contributed by atoms with Gasteiger partial charge in [0.1, 0.15) is 11.4 Å². The number of amides is 1. The SMILES string of the molecule is Cc1ccc(-c2c(C)nn3c(NCc4cccc(-n5cccn5)c4)cc(C(C)(C)O)nc23)cc1C(=O)N(C)CCO. The number of nitrogens with one attached hydrogen (secondary N) is 1. The number of carbonyl (C=O) groups is 1. The van der Waals surface area contributed by atoms with E-state index in [1.54, 1.807) is 31.6 Å². The van der Waals surface area contributed by atoms with Gasteiger partial charge in [-0.05, 0) is 68.7 Å². The maximum Gasteiger partial charge on any atom is 0.253 e. The van der Waals surface area contributed by atoms with E-state index in [4.69, 9.17) is 10.1 Å². The number of hydrogen-bond donors (Lipinski definition) is 3. The van der Waals surface area contributed by atoms with Crippen molar-refractivity contribution < 1.29 is 15.0 Å². The monoisotopic (exact) mass is 553 g/mol. The lowest BCUT2D eigenvalue weighted by atomic mass is 9.98. The van der Waals surface area contributed by atoms with E-state index in [-0.39, 0.29) is 19.1 Å². The molecule has 0 unspecified atom stereocenters. The van der Waals surface area contributed by atoms with Gasteiger partial charge in [-0.3, -0.25) is 4.79 Å². The standard InChI is InChI=1S/C31H35N7O3/c1-20-10-11-23(17-25(20)30(40)36(5)14-15-39)28-21(2)35-38-27(18-26(31(3,4)41)34-29(28)38)32-19-22-8-6-9-24(16-22)37-13-7-12-33-37/h6-13,16-18,32,39,41H,14-15,19H2,1-5H3. The van der Waals surface area contributed by atoms with Crippen molar-refractivity contribution in [1.29, 1.82) is 0 Å². The number of rotatable bonds is 9. The van der Waals surface area contributed by atoms with Gasteiger partial charge in [-0.2, -0.15) is 14.7 Å². The molecule has 0 saturated carbocycles. The molecule has 0 spiro atoms. The van der Waals surface area contributed by atoms with Crippen LogP contribution in [0, 0.1) is 13.8 Å². The van der Waals surface area contributed by atoms with Gasteiger partial charge in [-0.1, -0.05) is 24.3 Å². The number of fused-ring (bicyclic) bond motifs is 1. The van der Waals surface area contributed by atoms with Gasteiger partial charge in [0.15, 0.2) is 5.65 Å². The average molecular weight is 554 g/mol. The highest BCUT2D eigenvalue weighted by molar-refractivity contribution is 5.97. The van der Waals surface area contributed by atoms with E-state index in [1.165, 1.54) is 4.90 Å². The highest BCUT2D eigenvalue weighted by Crippen LogP contribution is 2.33. The lowest BCUT2D eigenvalue weighted by Crippen LogP contribution is -2.30. The molecule has 41 heavy (non-hydrogen) atoms. The van der Waals surface area contributed by atoms with Crippen molar-refractivity contribution in [1.82, 2.24) is 29.3 Å². The number of likely N-dealkylation sites (N-methyl/N-ethyl adjacent to an activating group) is 1. The molecule has 10 nitrogen and oxygen atoms in total. The zero-order valence-electron chi connectivity index (χ0n) is 24.0. The summed E-state index contributed by atoms with van der Waals surface area (Å²) in [5.74, 6) is 0.509. The van der Waals surface area contributed by atoms with Crippen LogP contribution in [0.5, 0.6) is 0 Å². The first-order valence-electron chi connectivity index (χ1n) is 13.5. The molecule has 0 atom stereocenters. The first-order valence-corrected chi connectivity index (χ1v) is 13.5. The Morgan fingerprint density at radius 1 is 1.10 bits per heavy atom. The fraction of sp³-hybridized carbons (Fsp3) is 0.290. The van der Waals surface area contributed by atoms with Gasteiger partial charge in [0.2, 0.25) is 0 Å². The summed E-state index contributed by atoms with van der Waals surface area (Å²) < 4.78 is 3.56. The highest BCUT2D eigenvalue weighted by Gasteiger charge is 2.24. The Balaban J connectivity index is 1.57. The normalized spacial score (nSPS) is 11.7. The molecule has 3 aromatic heterocycles. The zero-order chi connectivity index (χ0) is 29.3. The number of aliphatic hydroxyl groups is 2. The molecule has 0 bridgehead atoms. The van der Waals surface area contributed by atoms with Crippen LogP contribution in [-0.2, 0) is 12.1 Å². The Kier molecular flexibility index (Phi) is 7.61. The van der Waals surface area contributed by atoms with Gasteiger partial charge < -0.3 is 20.4 Å². The van der Waals surface area contributed by atoms with Crippen LogP contribution in [0.4, 0.5) is 5.82 Å². The summed E-state index contributed by atoms with van der Waals surface area (Å²) in [5.41, 5.74) is 5.55. The maximum atomic E-state index is 13.1. The molecule has 212 valence electrons. The second-order valence-electron chi connectivity index (χ2n) is 10.7. The topological polar surface area (TPSA) is 121 Å². The third-order valence-corrected chi connectivity index (χ3v) is 7.08. The van der Waals surface area contributed by atoms with Crippen LogP contribution < -0.4 is 5.32 Å². The third-order valence-electron chi connectivity index (χ3n) is 7.08. The average Bonchev–Trinajstić information content (AvgIpc) is 3.59. The van der Waals surface area contributed by atoms with Gasteiger partial charge in [-0.15, -0.1) is 0 Å². The molecule has 0 aliphatic heterocycles. The first-order chi connectivity index (χ1) is 19.6. The summed E-state index contributed by atoms with van der Waals surface area (Å²) in [6.07, 6.45) is 3.64. The molecule has 2 aromatic carbocycles. The largest absolute Gasteiger partial charge is 0.395 e. The molecular formula is C31H35N7O3. The smallest absolute Gasteiger partial charge is 0.253 e. The predicted octanol–water partition coefficient (Wildman–Crippen LogP) is 4.10. The molecule has 0 saturated heterocycles. The van der Waals surface area contributed by atoms with Crippen LogP contribution in [0.2, 0.25) is 0 Å². The van der Waals surface area contributed by atoms with Crippen LogP contribution in [0.1, 0.15) is 46.7 Å². The number of carbonyl (C=O) groups excluding carboxylic acids is 1. The molecule has 1 amide bonds. The highest BCUT2D eigenvalue weighted by atomic mass is 16.3. The van der Waals surface area contributed by atoms with E-state index >= 15 is 0 Å². The van der Waals surface area contributed by atoms with Crippen LogP contribution in [0.15, 0.2) is 67.0 Å². The van der Waals surface area contributed by atoms with E-state index in [0.717, 1.165) is 33.6 Å². The fourth-order valence-corrected chi connectivity index (χ4v) is 4.79. The third kappa shape index (κ3) is 5.70. The number of nitrogens with zero attached hydrogens (tertiary/aromatic N) is 6. The molecule has 3 N–H and O–H groups in total. The number of hydrogen-bond acceptors (Lipinski definition) is 7. The van der Waals surface area contributed by atoms with E-state index in [0.29, 0.717) is 29.3 Å². The van der Waals surface area contributed by atoms with E-state index in [1.807, 2.05) is 73.3 Å². The number of benzene rings is 2. The van der Waals surface area contributed by atoms with Gasteiger partial charge in [0.25, 0.3) is 5.91 Å². The van der Waals surface area contributed by atoms with Crippen LogP contribution >= 0.6 is 0 Å². The quantitative estimate of drug-likeness (QED) is 0.251. The Labute approximate surface area is 238 Å². The molecular weight excluding hydrogens is 518 g/mol. The van der Waals surface area contributed by atoms with E-state index < -0.39 is 5.60 Å². The van der Waals surface area contributed by atoms with Crippen molar-refractivity contribution in [3.05, 3.63) is 95.1 Å². The van der Waals surface area contributed by atoms with Crippen LogP contribution in [-0.4, -0.2) is 65.6 Å². The lowest BCUT2D eigenvalue weighted by Gasteiger charge is -2.19. The van der Waals surface area contributed by atoms with Gasteiger partial charge in [0.05, 0.1) is 23.7 Å². The van der Waals surface area contributed by atoms with Crippen LogP contribution in [0.3, 0.4) is 0 Å². The number of aromatic nitrogens is 5. The fourth-order valence-electron chi connectivity index (χ4n) is 4.79. The minimum absolute atomic E-state index is 0.110. The Morgan fingerprint density at radius 3 is 2.61 bits per heavy atom. The summed E-state index contributed by atoms with van der Waals surface area (Å²) in [5, 5.41) is 32.9. The van der Waals surface area contributed by atoms with E-state index in [2.05, 4.69) is 16.5 Å². The molecule has 0 aliphatic rings. The summed E-state index contributed by atoms with van der Waals surface area (Å²) >= 11 is 0. The molecule has 0 radical (unpaired) electrons. The Bertz CT molecular complexity index is 1700. The molecule has 0 aliphatic carbocycles. The van der Waals surface area contributed by atoms with Crippen molar-refractivity contribution in [2.24, 2.45) is 0 Å². The number of aliphatic hydroxyl groups excluding tert-OH is 1. The molecule has 0 fully saturated rings. The maximum absolute atomic E-state index is 13.1. The van der Waals surface area contributed by atoms with Crippen molar-refractivity contribution in [3.63, 3.8) is 0 Å². The minimum Gasteiger partial charge on any atom is -0.395 e. The second kappa shape index (κ2) is 11.1. The van der Waals surface area contributed by atoms with Crippen molar-refractivity contribution >= 4 is 17.4 Å². The van der Waals surface area contributed by atoms with Gasteiger partial charge in [0, 0.05) is 49.7 Å². The number of anilines is 1. The molecule has 10 heteroatoms. The van der Waals surface area contributed by atoms with Crippen molar-refractivity contribution in [3.8, 4) is 16.8 Å². The first kappa shape index (κ1) is 28.0. The van der Waals surface area contributed by atoms with E-state index in [9.17, 15) is 15.0 Å². The molecule has 5 aromatic rings. The van der Waals surface area contributed by atoms with Crippen molar-refractivity contribution in [2.45, 2.75) is 39.8 Å². The Hall–Kier alpha value is -4.54. The van der Waals surface area contributed by atoms with Gasteiger partial charge >= 0.3 is 0 Å². The summed E-state index contributed by atoms with van der Waals surface area (Å²) in [7, 11) is 1.67. The molecule has 5 rings (SSSR count). The van der Waals surface area contributed by atoms with Crippen molar-refractivity contribution in [2.75, 3.05) is 25.5 Å². The minimum atomic E-state index is -1.20. The number of aryl methyl sites for hydroxylation is 2. The second-order valence-corrected chi connectivity index (χ2v) is 10.7. The summed E-state index contributed by atoms with van der Waals surface area (Å²) in [6, 6.07) is 17.5. The predicted molar refractivity (Wildman–Crippen MR) is 158 cm³/mol. The zero-order valence-corrected chi connectivity index (χ0v) is 24.0. The lowest BCUT2D eigenvalue weighted by molar-refractivity contribution is 0.0739.